The maximum absolute atomic E-state index is 8.55. The molecule has 0 unspecified atom stereocenters. The summed E-state index contributed by atoms with van der Waals surface area (Å²) in [7, 11) is -5.39. The predicted molar refractivity (Wildman–Crippen MR) is 25.3 cm³/mol. The molecule has 0 saturated carbocycles. The van der Waals surface area contributed by atoms with Crippen LogP contribution in [-0.2, 0) is 4.57 Å². The fourth-order valence-corrected chi connectivity index (χ4v) is 0. The minimum absolute atomic E-state index is 0. The molecule has 51 valence electrons. The SMILES string of the molecule is O=P([O-])([O-])[O-].[NH4+].[NH4+].[Pb+]. The second kappa shape index (κ2) is 7.95. The van der Waals surface area contributed by atoms with Gasteiger partial charge in [-0.2, -0.15) is 7.82 Å². The molecule has 0 fully saturated rings. The van der Waals surface area contributed by atoms with Crippen LogP contribution < -0.4 is 27.0 Å². The minimum atomic E-state index is -5.39. The van der Waals surface area contributed by atoms with Crippen LogP contribution in [0.3, 0.4) is 0 Å². The summed E-state index contributed by atoms with van der Waals surface area (Å²) in [5, 5.41) is 0. The molecule has 0 spiro atoms. The molecule has 0 atom stereocenters. The van der Waals surface area contributed by atoms with Gasteiger partial charge in [-0.05, 0) is 0 Å². The quantitative estimate of drug-likeness (QED) is 0.371. The molecule has 3 radical (unpaired) electrons. The fraction of sp³-hybridized carbons (Fsp3) is 0. The first-order valence-corrected chi connectivity index (χ1v) is 2.19. The van der Waals surface area contributed by atoms with Gasteiger partial charge in [-0.15, -0.1) is 0 Å². The first kappa shape index (κ1) is 23.1. The summed E-state index contributed by atoms with van der Waals surface area (Å²) in [5.74, 6) is 0. The third kappa shape index (κ3) is 272. The zero-order chi connectivity index (χ0) is 4.50. The van der Waals surface area contributed by atoms with Gasteiger partial charge < -0.3 is 31.5 Å². The van der Waals surface area contributed by atoms with E-state index in [1.165, 1.54) is 0 Å². The van der Waals surface area contributed by atoms with Crippen LogP contribution in [0.15, 0.2) is 0 Å². The Morgan fingerprint density at radius 2 is 1.00 bits per heavy atom. The van der Waals surface area contributed by atoms with Crippen molar-refractivity contribution in [3.05, 3.63) is 0 Å². The maximum Gasteiger partial charge on any atom is 1.00 e. The Balaban J connectivity index is -0.0000000267. The fourth-order valence-electron chi connectivity index (χ4n) is 0. The van der Waals surface area contributed by atoms with Gasteiger partial charge in [-0.3, -0.25) is 0 Å². The molecule has 0 aromatic carbocycles. The van der Waals surface area contributed by atoms with E-state index >= 15 is 0 Å². The Morgan fingerprint density at radius 3 is 1.00 bits per heavy atom. The normalized spacial score (nSPS) is 7.38. The summed E-state index contributed by atoms with van der Waals surface area (Å²) in [6.07, 6.45) is 0. The van der Waals surface area contributed by atoms with E-state index in [0.717, 1.165) is 0 Å². The number of phosphoric acid groups is 1. The Kier molecular flexibility index (Phi) is 22.9. The molecule has 8 heteroatoms. The summed E-state index contributed by atoms with van der Waals surface area (Å²) in [5.41, 5.74) is 0. The molecular weight excluding hydrogens is 330 g/mol. The van der Waals surface area contributed by atoms with Crippen LogP contribution in [0.4, 0.5) is 0 Å². The monoisotopic (exact) mass is 339 g/mol. The van der Waals surface area contributed by atoms with Gasteiger partial charge in [0.1, 0.15) is 0 Å². The molecule has 8 heavy (non-hydrogen) atoms. The van der Waals surface area contributed by atoms with E-state index < -0.39 is 7.82 Å². The van der Waals surface area contributed by atoms with Crippen molar-refractivity contribution < 1.29 is 19.2 Å². The first-order valence-electron chi connectivity index (χ1n) is 0.730. The molecule has 0 aliphatic carbocycles. The molecule has 0 aliphatic rings. The summed E-state index contributed by atoms with van der Waals surface area (Å²) in [4.78, 5) is 25.6. The van der Waals surface area contributed by atoms with E-state index in [1.807, 2.05) is 0 Å². The van der Waals surface area contributed by atoms with Gasteiger partial charge >= 0.3 is 27.3 Å². The summed E-state index contributed by atoms with van der Waals surface area (Å²) in [6, 6.07) is 0. The molecule has 0 aromatic rings. The van der Waals surface area contributed by atoms with Gasteiger partial charge in [0, 0.05) is 0 Å². The van der Waals surface area contributed by atoms with Crippen LogP contribution in [0.1, 0.15) is 0 Å². The van der Waals surface area contributed by atoms with Gasteiger partial charge in [0.05, 0.1) is 0 Å². The molecule has 0 bridgehead atoms. The molecule has 6 nitrogen and oxygen atoms in total. The second-order valence-electron chi connectivity index (χ2n) is 0.447. The summed E-state index contributed by atoms with van der Waals surface area (Å²) < 4.78 is 8.55. The molecule has 0 aromatic heterocycles. The van der Waals surface area contributed by atoms with Gasteiger partial charge in [0.25, 0.3) is 0 Å². The molecule has 0 heterocycles. The van der Waals surface area contributed by atoms with Gasteiger partial charge in [0.15, 0.2) is 0 Å². The van der Waals surface area contributed by atoms with Crippen molar-refractivity contribution in [3.63, 3.8) is 0 Å². The van der Waals surface area contributed by atoms with E-state index in [0.29, 0.717) is 0 Å². The van der Waals surface area contributed by atoms with E-state index in [1.54, 1.807) is 0 Å². The van der Waals surface area contributed by atoms with Crippen molar-refractivity contribution in [3.8, 4) is 0 Å². The summed E-state index contributed by atoms with van der Waals surface area (Å²) >= 11 is 0. The molecule has 8 N–H and O–H groups in total. The van der Waals surface area contributed by atoms with E-state index in [9.17, 15) is 0 Å². The number of quaternary nitrogens is 2. The smallest absolute Gasteiger partial charge is 0.822 e. The number of rotatable bonds is 0. The van der Waals surface area contributed by atoms with E-state index in [4.69, 9.17) is 19.2 Å². The van der Waals surface area contributed by atoms with Crippen molar-refractivity contribution in [1.29, 1.82) is 0 Å². The van der Waals surface area contributed by atoms with Gasteiger partial charge in [-0.25, -0.2) is 0 Å². The topological polar surface area (TPSA) is 159 Å². The zero-order valence-electron chi connectivity index (χ0n) is 4.58. The Labute approximate surface area is 66.9 Å². The summed E-state index contributed by atoms with van der Waals surface area (Å²) in [6.45, 7) is 0. The maximum atomic E-state index is 8.55. The zero-order valence-corrected chi connectivity index (χ0v) is 9.36. The molecule has 0 rings (SSSR count). The number of hydrogen-bond donors (Lipinski definition) is 2. The third-order valence-corrected chi connectivity index (χ3v) is 0. The van der Waals surface area contributed by atoms with Crippen molar-refractivity contribution >= 4 is 35.1 Å². The Hall–Kier alpha value is 0.952. The van der Waals surface area contributed by atoms with E-state index in [2.05, 4.69) is 0 Å². The van der Waals surface area contributed by atoms with E-state index in [-0.39, 0.29) is 39.6 Å². The Bertz CT molecular complexity index is 60.2. The van der Waals surface area contributed by atoms with Crippen molar-refractivity contribution in [2.24, 2.45) is 0 Å². The van der Waals surface area contributed by atoms with Crippen LogP contribution >= 0.6 is 7.82 Å². The largest absolute Gasteiger partial charge is 1.00 e. The standard InChI is InChI=1S/2H3N.H3O4P.Pb/c;;1-5(2,3)4;/h2*1H3;(H3,1,2,3,4);/q;;;+1/p-1. The van der Waals surface area contributed by atoms with Gasteiger partial charge in [0.2, 0.25) is 0 Å². The number of hydrogen-bond acceptors (Lipinski definition) is 4. The van der Waals surface area contributed by atoms with Crippen LogP contribution in [0.2, 0.25) is 0 Å². The van der Waals surface area contributed by atoms with Crippen LogP contribution in [-0.4, -0.2) is 27.3 Å². The van der Waals surface area contributed by atoms with Crippen LogP contribution in [0.25, 0.3) is 0 Å². The molecule has 0 saturated heterocycles. The predicted octanol–water partition coefficient (Wildman–Crippen LogP) is -2.45. The Morgan fingerprint density at radius 1 is 1.00 bits per heavy atom. The minimum Gasteiger partial charge on any atom is -0.822 e. The van der Waals surface area contributed by atoms with Gasteiger partial charge in [-0.1, -0.05) is 0 Å². The van der Waals surface area contributed by atoms with Crippen molar-refractivity contribution in [1.82, 2.24) is 12.3 Å². The van der Waals surface area contributed by atoms with Crippen molar-refractivity contribution in [2.75, 3.05) is 0 Å². The molecule has 0 aliphatic heterocycles. The molecular formula is H8N2O4PPb. The average molecular weight is 338 g/mol. The average Bonchev–Trinajstić information content (AvgIpc) is 0.722. The third-order valence-electron chi connectivity index (χ3n) is 0. The molecule has 0 amide bonds. The van der Waals surface area contributed by atoms with Crippen LogP contribution in [0, 0.1) is 0 Å². The second-order valence-corrected chi connectivity index (χ2v) is 1.34. The van der Waals surface area contributed by atoms with Crippen molar-refractivity contribution in [2.45, 2.75) is 0 Å². The first-order chi connectivity index (χ1) is 2.00. The van der Waals surface area contributed by atoms with Crippen LogP contribution in [0.5, 0.6) is 0 Å².